The van der Waals surface area contributed by atoms with Gasteiger partial charge in [0.25, 0.3) is 5.91 Å². The lowest BCUT2D eigenvalue weighted by molar-refractivity contribution is -0.139. The Morgan fingerprint density at radius 2 is 2.07 bits per heavy atom. The van der Waals surface area contributed by atoms with E-state index < -0.39 is 12.6 Å². The second kappa shape index (κ2) is 9.62. The molecule has 1 amide bonds. The molecule has 2 rings (SSSR count). The molecule has 0 aliphatic heterocycles. The van der Waals surface area contributed by atoms with Crippen molar-refractivity contribution in [2.75, 3.05) is 13.7 Å². The molecule has 7 nitrogen and oxygen atoms in total. The van der Waals surface area contributed by atoms with Gasteiger partial charge in [0.05, 0.1) is 7.11 Å². The summed E-state index contributed by atoms with van der Waals surface area (Å²) in [7, 11) is 1.43. The largest absolute Gasteiger partial charge is 0.493 e. The summed E-state index contributed by atoms with van der Waals surface area (Å²) in [6.45, 7) is 1.62. The van der Waals surface area contributed by atoms with Crippen LogP contribution in [0.25, 0.3) is 6.08 Å². The molecule has 1 aromatic carbocycles. The second-order valence-corrected chi connectivity index (χ2v) is 6.60. The Labute approximate surface area is 158 Å². The topological polar surface area (TPSA) is 109 Å². The molecule has 1 fully saturated rings. The Hall–Kier alpha value is -3.01. The van der Waals surface area contributed by atoms with Gasteiger partial charge in [0.2, 0.25) is 0 Å². The monoisotopic (exact) mass is 372 g/mol. The van der Waals surface area contributed by atoms with Crippen molar-refractivity contribution in [3.8, 4) is 17.6 Å². The van der Waals surface area contributed by atoms with Crippen LogP contribution < -0.4 is 14.8 Å². The number of rotatable bonds is 7. The molecule has 0 aromatic heterocycles. The molecule has 0 bridgehead atoms. The smallest absolute Gasteiger partial charge is 0.341 e. The van der Waals surface area contributed by atoms with Gasteiger partial charge in [0.15, 0.2) is 18.1 Å². The molecule has 0 unspecified atom stereocenters. The molecule has 1 aromatic rings. The van der Waals surface area contributed by atoms with Crippen LogP contribution in [0.15, 0.2) is 23.8 Å². The van der Waals surface area contributed by atoms with Crippen LogP contribution in [0, 0.1) is 17.2 Å². The quantitative estimate of drug-likeness (QED) is 0.563. The zero-order valence-corrected chi connectivity index (χ0v) is 15.5. The number of nitrogens with zero attached hydrogens (tertiary/aromatic N) is 1. The molecule has 27 heavy (non-hydrogen) atoms. The van der Waals surface area contributed by atoms with Crippen LogP contribution in [0.1, 0.15) is 38.2 Å². The van der Waals surface area contributed by atoms with E-state index in [0.29, 0.717) is 17.2 Å². The highest BCUT2D eigenvalue weighted by molar-refractivity contribution is 6.01. The number of hydrogen-bond donors (Lipinski definition) is 2. The molecule has 7 heteroatoms. The van der Waals surface area contributed by atoms with E-state index in [1.807, 2.05) is 6.07 Å². The Bertz CT molecular complexity index is 766. The van der Waals surface area contributed by atoms with E-state index in [4.69, 9.17) is 14.6 Å². The summed E-state index contributed by atoms with van der Waals surface area (Å²) < 4.78 is 10.3. The maximum Gasteiger partial charge on any atom is 0.341 e. The van der Waals surface area contributed by atoms with Gasteiger partial charge in [-0.1, -0.05) is 25.8 Å². The van der Waals surface area contributed by atoms with Crippen LogP contribution in [0.3, 0.4) is 0 Å². The Morgan fingerprint density at radius 3 is 2.70 bits per heavy atom. The second-order valence-electron chi connectivity index (χ2n) is 6.60. The maximum atomic E-state index is 12.5. The number of nitrogens with one attached hydrogen (secondary N) is 1. The Kier molecular flexibility index (Phi) is 7.24. The van der Waals surface area contributed by atoms with E-state index in [1.54, 1.807) is 18.2 Å². The van der Waals surface area contributed by atoms with Crippen molar-refractivity contribution in [3.63, 3.8) is 0 Å². The summed E-state index contributed by atoms with van der Waals surface area (Å²) in [5.41, 5.74) is 0.590. The first-order valence-electron chi connectivity index (χ1n) is 8.90. The molecular weight excluding hydrogens is 348 g/mol. The van der Waals surface area contributed by atoms with Gasteiger partial charge < -0.3 is 19.9 Å². The number of benzene rings is 1. The van der Waals surface area contributed by atoms with Gasteiger partial charge in [-0.05, 0) is 42.5 Å². The van der Waals surface area contributed by atoms with Crippen LogP contribution in [0.4, 0.5) is 0 Å². The first-order valence-corrected chi connectivity index (χ1v) is 8.90. The highest BCUT2D eigenvalue weighted by atomic mass is 16.5. The summed E-state index contributed by atoms with van der Waals surface area (Å²) in [5.74, 6) is -0.490. The van der Waals surface area contributed by atoms with E-state index in [2.05, 4.69) is 12.2 Å². The summed E-state index contributed by atoms with van der Waals surface area (Å²) >= 11 is 0. The number of amides is 1. The van der Waals surface area contributed by atoms with Crippen LogP contribution >= 0.6 is 0 Å². The maximum absolute atomic E-state index is 12.5. The third-order valence-corrected chi connectivity index (χ3v) is 4.64. The molecular formula is C20H24N2O5. The molecule has 1 aliphatic rings. The number of carboxylic acids is 1. The van der Waals surface area contributed by atoms with Crippen LogP contribution in [0.5, 0.6) is 11.5 Å². The van der Waals surface area contributed by atoms with Gasteiger partial charge >= 0.3 is 5.97 Å². The predicted molar refractivity (Wildman–Crippen MR) is 99.3 cm³/mol. The first-order chi connectivity index (χ1) is 12.9. The van der Waals surface area contributed by atoms with Gasteiger partial charge in [0.1, 0.15) is 11.6 Å². The van der Waals surface area contributed by atoms with E-state index in [0.717, 1.165) is 19.3 Å². The summed E-state index contributed by atoms with van der Waals surface area (Å²) in [6.07, 6.45) is 5.73. The van der Waals surface area contributed by atoms with Crippen LogP contribution in [-0.4, -0.2) is 36.7 Å². The van der Waals surface area contributed by atoms with Crippen molar-refractivity contribution in [2.45, 2.75) is 38.6 Å². The fourth-order valence-electron chi connectivity index (χ4n) is 3.12. The minimum Gasteiger partial charge on any atom is -0.493 e. The summed E-state index contributed by atoms with van der Waals surface area (Å²) in [4.78, 5) is 23.1. The highest BCUT2D eigenvalue weighted by Gasteiger charge is 2.24. The van der Waals surface area contributed by atoms with Crippen LogP contribution in [0.2, 0.25) is 0 Å². The standard InChI is InChI=1S/C20H24N2O5/c1-13-5-3-4-6-16(13)22-20(25)15(11-21)9-14-7-8-17(18(10-14)26-2)27-12-19(23)24/h7-10,13,16H,3-6,12H2,1-2H3,(H,22,25)(H,23,24)/b15-9+/t13-,16-/m0/s1. The number of ether oxygens (including phenoxy) is 2. The number of methoxy groups -OCH3 is 1. The van der Waals surface area contributed by atoms with E-state index >= 15 is 0 Å². The van der Waals surface area contributed by atoms with Gasteiger partial charge in [-0.3, -0.25) is 4.79 Å². The normalized spacial score (nSPS) is 19.7. The van der Waals surface area contributed by atoms with Crippen molar-refractivity contribution in [1.82, 2.24) is 5.32 Å². The lowest BCUT2D eigenvalue weighted by Crippen LogP contribution is -2.41. The van der Waals surface area contributed by atoms with Crippen molar-refractivity contribution in [3.05, 3.63) is 29.3 Å². The molecule has 1 saturated carbocycles. The van der Waals surface area contributed by atoms with E-state index in [9.17, 15) is 14.9 Å². The van der Waals surface area contributed by atoms with Crippen molar-refractivity contribution in [1.29, 1.82) is 5.26 Å². The van der Waals surface area contributed by atoms with E-state index in [-0.39, 0.29) is 23.3 Å². The van der Waals surface area contributed by atoms with Crippen molar-refractivity contribution >= 4 is 18.0 Å². The van der Waals surface area contributed by atoms with E-state index in [1.165, 1.54) is 19.6 Å². The molecule has 144 valence electrons. The van der Waals surface area contributed by atoms with Crippen LogP contribution in [-0.2, 0) is 9.59 Å². The third kappa shape index (κ3) is 5.74. The molecule has 2 N–H and O–H groups in total. The minimum atomic E-state index is -1.10. The first kappa shape index (κ1) is 20.3. The fourth-order valence-corrected chi connectivity index (χ4v) is 3.12. The van der Waals surface area contributed by atoms with Gasteiger partial charge in [-0.2, -0.15) is 5.26 Å². The molecule has 2 atom stereocenters. The summed E-state index contributed by atoms with van der Waals surface area (Å²) in [6, 6.07) is 6.80. The number of carboxylic acid groups (broad SMARTS) is 1. The average Bonchev–Trinajstić information content (AvgIpc) is 2.66. The Balaban J connectivity index is 2.14. The van der Waals surface area contributed by atoms with Gasteiger partial charge in [-0.25, -0.2) is 4.79 Å². The fraction of sp³-hybridized carbons (Fsp3) is 0.450. The summed E-state index contributed by atoms with van der Waals surface area (Å²) in [5, 5.41) is 21.0. The molecule has 1 aliphatic carbocycles. The number of carbonyl (C=O) groups excluding carboxylic acids is 1. The third-order valence-electron chi connectivity index (χ3n) is 4.64. The Morgan fingerprint density at radius 1 is 1.33 bits per heavy atom. The zero-order chi connectivity index (χ0) is 19.8. The lowest BCUT2D eigenvalue weighted by Gasteiger charge is -2.29. The molecule has 0 spiro atoms. The number of aliphatic carboxylic acids is 1. The van der Waals surface area contributed by atoms with Gasteiger partial charge in [-0.15, -0.1) is 0 Å². The predicted octanol–water partition coefficient (Wildman–Crippen LogP) is 2.76. The highest BCUT2D eigenvalue weighted by Crippen LogP contribution is 2.29. The number of nitriles is 1. The SMILES string of the molecule is COc1cc(/C=C(\C#N)C(=O)N[C@H]2CCCC[C@@H]2C)ccc1OCC(=O)O. The molecule has 0 heterocycles. The minimum absolute atomic E-state index is 0.00836. The lowest BCUT2D eigenvalue weighted by atomic mass is 9.86. The van der Waals surface area contributed by atoms with Gasteiger partial charge in [0, 0.05) is 6.04 Å². The number of hydrogen-bond acceptors (Lipinski definition) is 5. The number of carbonyl (C=O) groups is 2. The zero-order valence-electron chi connectivity index (χ0n) is 15.5. The molecule has 0 radical (unpaired) electrons. The molecule has 0 saturated heterocycles. The average molecular weight is 372 g/mol. The van der Waals surface area contributed by atoms with Crippen molar-refractivity contribution in [2.24, 2.45) is 5.92 Å². The van der Waals surface area contributed by atoms with Crippen molar-refractivity contribution < 1.29 is 24.2 Å².